The van der Waals surface area contributed by atoms with Crippen molar-refractivity contribution < 1.29 is 23.8 Å². The third kappa shape index (κ3) is 2.72. The quantitative estimate of drug-likeness (QED) is 0.654. The van der Waals surface area contributed by atoms with Crippen molar-refractivity contribution in [2.24, 2.45) is 0 Å². The van der Waals surface area contributed by atoms with Crippen LogP contribution in [0.15, 0.2) is 36.4 Å². The third-order valence-corrected chi connectivity index (χ3v) is 8.19. The van der Waals surface area contributed by atoms with E-state index in [0.29, 0.717) is 42.8 Å². The molecule has 4 aliphatic rings. The molecule has 0 N–H and O–H groups in total. The fraction of sp³-hybridized carbons (Fsp3) is 0.385. The van der Waals surface area contributed by atoms with Crippen LogP contribution in [0.5, 0.6) is 17.2 Å². The van der Waals surface area contributed by atoms with Crippen LogP contribution in [0.3, 0.4) is 0 Å². The Morgan fingerprint density at radius 3 is 2.59 bits per heavy atom. The number of amides is 2. The lowest BCUT2D eigenvalue weighted by molar-refractivity contribution is -0.124. The molecule has 1 saturated heterocycles. The van der Waals surface area contributed by atoms with Crippen molar-refractivity contribution in [1.29, 1.82) is 0 Å². The van der Waals surface area contributed by atoms with Gasteiger partial charge < -0.3 is 14.2 Å². The summed E-state index contributed by atoms with van der Waals surface area (Å²) in [5.41, 5.74) is 3.79. The van der Waals surface area contributed by atoms with E-state index in [1.54, 1.807) is 11.0 Å². The maximum absolute atomic E-state index is 14.4. The molecule has 6 rings (SSSR count). The number of carbonyl (C=O) groups excluding carboxylic acids is 2. The van der Waals surface area contributed by atoms with Crippen molar-refractivity contribution in [3.8, 4) is 17.2 Å². The van der Waals surface area contributed by atoms with Gasteiger partial charge in [0.1, 0.15) is 19.0 Å². The molecule has 0 aromatic heterocycles. The van der Waals surface area contributed by atoms with Gasteiger partial charge in [0, 0.05) is 22.9 Å². The van der Waals surface area contributed by atoms with E-state index >= 15 is 0 Å². The predicted molar refractivity (Wildman–Crippen MR) is 132 cm³/mol. The highest BCUT2D eigenvalue weighted by molar-refractivity contribution is 8.02. The number of thioether (sulfide) groups is 1. The number of hydrogen-bond acceptors (Lipinski definition) is 6. The summed E-state index contributed by atoms with van der Waals surface area (Å²) in [5.74, 6) is 1.89. The number of fused-ring (bicyclic) bond motifs is 2. The van der Waals surface area contributed by atoms with Crippen LogP contribution in [0.1, 0.15) is 38.8 Å². The molecule has 8 heteroatoms. The van der Waals surface area contributed by atoms with Crippen LogP contribution in [0.4, 0.5) is 11.4 Å². The Kier molecular flexibility index (Phi) is 4.52. The van der Waals surface area contributed by atoms with Gasteiger partial charge in [-0.2, -0.15) is 0 Å². The molecular weight excluding hydrogens is 452 g/mol. The Hall–Kier alpha value is -3.13. The highest BCUT2D eigenvalue weighted by atomic mass is 32.2. The smallest absolute Gasteiger partial charge is 0.269 e. The number of ether oxygens (including phenoxy) is 3. The van der Waals surface area contributed by atoms with E-state index < -0.39 is 10.4 Å². The number of carbonyl (C=O) groups is 2. The number of hydrogen-bond donors (Lipinski definition) is 0. The first-order valence-corrected chi connectivity index (χ1v) is 12.5. The number of anilines is 2. The molecule has 2 amide bonds. The van der Waals surface area contributed by atoms with Crippen molar-refractivity contribution in [2.75, 3.05) is 35.4 Å². The average molecular weight is 479 g/mol. The van der Waals surface area contributed by atoms with Gasteiger partial charge in [0.2, 0.25) is 10.8 Å². The van der Waals surface area contributed by atoms with E-state index in [1.807, 2.05) is 49.9 Å². The zero-order chi connectivity index (χ0) is 23.8. The molecule has 4 heterocycles. The summed E-state index contributed by atoms with van der Waals surface area (Å²) in [5, 5.41) is 0. The lowest BCUT2D eigenvalue weighted by atomic mass is 9.89. The summed E-state index contributed by atoms with van der Waals surface area (Å²) < 4.78 is 17.4. The third-order valence-electron chi connectivity index (χ3n) is 6.80. The second kappa shape index (κ2) is 7.18. The zero-order valence-electron chi connectivity index (χ0n) is 19.6. The fourth-order valence-corrected chi connectivity index (χ4v) is 6.90. The topological polar surface area (TPSA) is 68.3 Å². The predicted octanol–water partition coefficient (Wildman–Crippen LogP) is 4.33. The minimum atomic E-state index is -1.21. The first-order chi connectivity index (χ1) is 16.3. The number of rotatable bonds is 3. The van der Waals surface area contributed by atoms with E-state index in [-0.39, 0.29) is 17.6 Å². The summed E-state index contributed by atoms with van der Waals surface area (Å²) in [7, 11) is 0. The van der Waals surface area contributed by atoms with Gasteiger partial charge in [-0.15, -0.1) is 11.8 Å². The number of nitrogens with zero attached hydrogens (tertiary/aromatic N) is 2. The molecular formula is C26H26N2O5S. The highest BCUT2D eigenvalue weighted by Crippen LogP contribution is 2.61. The molecule has 0 bridgehead atoms. The Labute approximate surface area is 202 Å². The van der Waals surface area contributed by atoms with E-state index in [1.165, 1.54) is 11.8 Å². The lowest BCUT2D eigenvalue weighted by Gasteiger charge is -2.40. The van der Waals surface area contributed by atoms with E-state index in [0.717, 1.165) is 22.4 Å². The van der Waals surface area contributed by atoms with Crippen LogP contribution in [-0.4, -0.2) is 42.9 Å². The number of allylic oxidation sites excluding steroid dienone is 1. The fourth-order valence-electron chi connectivity index (χ4n) is 5.57. The van der Waals surface area contributed by atoms with Gasteiger partial charge in [-0.3, -0.25) is 19.4 Å². The van der Waals surface area contributed by atoms with Crippen LogP contribution >= 0.6 is 11.8 Å². The van der Waals surface area contributed by atoms with Crippen LogP contribution in [-0.2, 0) is 14.5 Å². The van der Waals surface area contributed by atoms with Crippen LogP contribution in [0.2, 0.25) is 0 Å². The highest BCUT2D eigenvalue weighted by Gasteiger charge is 2.64. The SMILES string of the molecule is CCOc1cc2c3c(c1)[C@]1(SCC(=O)N1c1ccc4c(c1)OCCO4)C(=O)N3C(C)(C)C=C2C. The standard InChI is InChI=1S/C26H26N2O5S/c1-5-31-17-11-18-15(2)13-25(3,4)28-23(18)19(12-17)26(24(28)30)27(22(29)14-34-26)16-6-7-20-21(10-16)33-9-8-32-20/h6-7,10-13H,5,8-9,14H2,1-4H3/t26-/m0/s1. The minimum Gasteiger partial charge on any atom is -0.494 e. The van der Waals surface area contributed by atoms with Gasteiger partial charge in [0.15, 0.2) is 11.5 Å². The van der Waals surface area contributed by atoms with Crippen molar-refractivity contribution >= 4 is 40.5 Å². The van der Waals surface area contributed by atoms with Crippen LogP contribution < -0.4 is 24.0 Å². The molecule has 1 fully saturated rings. The van der Waals surface area contributed by atoms with Crippen molar-refractivity contribution in [2.45, 2.75) is 38.1 Å². The lowest BCUT2D eigenvalue weighted by Crippen LogP contribution is -2.54. The van der Waals surface area contributed by atoms with Gasteiger partial charge in [0.25, 0.3) is 5.91 Å². The molecule has 0 unspecified atom stereocenters. The normalized spacial score (nSPS) is 23.9. The van der Waals surface area contributed by atoms with Crippen molar-refractivity contribution in [1.82, 2.24) is 0 Å². The van der Waals surface area contributed by atoms with Crippen LogP contribution in [0.25, 0.3) is 5.57 Å². The Balaban J connectivity index is 1.60. The number of benzene rings is 2. The zero-order valence-corrected chi connectivity index (χ0v) is 20.5. The van der Waals surface area contributed by atoms with Crippen molar-refractivity contribution in [3.63, 3.8) is 0 Å². The molecule has 1 spiro atoms. The van der Waals surface area contributed by atoms with E-state index in [9.17, 15) is 9.59 Å². The van der Waals surface area contributed by atoms with Gasteiger partial charge in [-0.1, -0.05) is 6.08 Å². The average Bonchev–Trinajstić information content (AvgIpc) is 3.28. The summed E-state index contributed by atoms with van der Waals surface area (Å²) in [4.78, 5) is 30.1. The summed E-state index contributed by atoms with van der Waals surface area (Å²) >= 11 is 1.37. The monoisotopic (exact) mass is 478 g/mol. The van der Waals surface area contributed by atoms with Gasteiger partial charge in [0.05, 0.1) is 23.6 Å². The van der Waals surface area contributed by atoms with E-state index in [4.69, 9.17) is 14.2 Å². The molecule has 176 valence electrons. The first kappa shape index (κ1) is 21.4. The molecule has 1 atom stereocenters. The second-order valence-electron chi connectivity index (χ2n) is 9.41. The maximum atomic E-state index is 14.4. The Morgan fingerprint density at radius 1 is 1.06 bits per heavy atom. The molecule has 2 aromatic carbocycles. The van der Waals surface area contributed by atoms with Crippen LogP contribution in [0, 0.1) is 0 Å². The molecule has 34 heavy (non-hydrogen) atoms. The summed E-state index contributed by atoms with van der Waals surface area (Å²) in [6.07, 6.45) is 2.11. The largest absolute Gasteiger partial charge is 0.494 e. The molecule has 7 nitrogen and oxygen atoms in total. The van der Waals surface area contributed by atoms with Gasteiger partial charge in [-0.25, -0.2) is 0 Å². The van der Waals surface area contributed by atoms with Gasteiger partial charge >= 0.3 is 0 Å². The molecule has 0 saturated carbocycles. The molecule has 2 aromatic rings. The first-order valence-electron chi connectivity index (χ1n) is 11.5. The second-order valence-corrected chi connectivity index (χ2v) is 10.6. The van der Waals surface area contributed by atoms with Crippen molar-refractivity contribution in [3.05, 3.63) is 47.5 Å². The summed E-state index contributed by atoms with van der Waals surface area (Å²) in [6, 6.07) is 9.37. The maximum Gasteiger partial charge on any atom is 0.269 e. The molecule has 0 radical (unpaired) electrons. The van der Waals surface area contributed by atoms with E-state index in [2.05, 4.69) is 13.0 Å². The summed E-state index contributed by atoms with van der Waals surface area (Å²) in [6.45, 7) is 9.51. The van der Waals surface area contributed by atoms with Gasteiger partial charge in [-0.05, 0) is 57.5 Å². The molecule has 4 aliphatic heterocycles. The molecule has 0 aliphatic carbocycles. The Morgan fingerprint density at radius 2 is 1.82 bits per heavy atom. The minimum absolute atomic E-state index is 0.114. The Bertz CT molecular complexity index is 1290.